The van der Waals surface area contributed by atoms with Gasteiger partial charge in [0.05, 0.1) is 16.9 Å². The molecule has 0 unspecified atom stereocenters. The van der Waals surface area contributed by atoms with Gasteiger partial charge in [0.2, 0.25) is 41.4 Å². The second-order valence-corrected chi connectivity index (χ2v) is 22.6. The minimum Gasteiger partial charge on any atom is -0.354 e. The maximum absolute atomic E-state index is 15.1. The van der Waals surface area contributed by atoms with Crippen molar-refractivity contribution in [2.45, 2.75) is 159 Å². The van der Waals surface area contributed by atoms with Crippen LogP contribution in [0.5, 0.6) is 0 Å². The van der Waals surface area contributed by atoms with Gasteiger partial charge in [0.1, 0.15) is 41.9 Å². The van der Waals surface area contributed by atoms with E-state index in [1.165, 1.54) is 42.0 Å². The van der Waals surface area contributed by atoms with E-state index in [0.29, 0.717) is 53.2 Å². The van der Waals surface area contributed by atoms with Gasteiger partial charge in [0.25, 0.3) is 5.92 Å². The largest absolute Gasteiger partial charge is 0.403 e. The zero-order chi connectivity index (χ0) is 52.7. The molecule has 5 fully saturated rings. The molecule has 3 heterocycles. The highest BCUT2D eigenvalue weighted by Gasteiger charge is 2.75. The number of alkyl halides is 6. The lowest BCUT2D eigenvalue weighted by Gasteiger charge is -2.48. The number of carbonyl (C=O) groups excluding carboxylic acids is 7. The first-order valence-corrected chi connectivity index (χ1v) is 25.8. The van der Waals surface area contributed by atoms with Gasteiger partial charge in [0, 0.05) is 57.0 Å². The van der Waals surface area contributed by atoms with E-state index in [0.717, 1.165) is 4.88 Å². The summed E-state index contributed by atoms with van der Waals surface area (Å²) in [4.78, 5) is 109. The Labute approximate surface area is 423 Å². The zero-order valence-corrected chi connectivity index (χ0v) is 42.5. The smallest absolute Gasteiger partial charge is 0.354 e. The lowest BCUT2D eigenvalue weighted by Crippen LogP contribution is -2.65. The molecule has 5 aliphatic rings. The minimum absolute atomic E-state index is 0.0282. The summed E-state index contributed by atoms with van der Waals surface area (Å²) >= 11 is 7.86. The molecule has 23 heteroatoms. The van der Waals surface area contributed by atoms with Gasteiger partial charge in [-0.05, 0) is 106 Å². The fourth-order valence-electron chi connectivity index (χ4n) is 10.1. The molecule has 0 bridgehead atoms. The van der Waals surface area contributed by atoms with Crippen molar-refractivity contribution in [3.8, 4) is 10.4 Å². The molecule has 2 saturated heterocycles. The number of nitrogens with zero attached hydrogens (tertiary/aromatic N) is 4. The van der Waals surface area contributed by atoms with Crippen LogP contribution < -0.4 is 21.3 Å². The molecule has 0 spiro atoms. The van der Waals surface area contributed by atoms with E-state index in [1.807, 2.05) is 13.8 Å². The van der Waals surface area contributed by atoms with Crippen LogP contribution in [-0.4, -0.2) is 142 Å². The first-order chi connectivity index (χ1) is 33.7. The molecular weight excluding hydrogens is 994 g/mol. The fraction of sp³-hybridized carbons (Fsp3) is 0.673. The third-order valence-electron chi connectivity index (χ3n) is 14.5. The average molecular weight is 1060 g/mol. The SMILES string of the molecule is CC(C)C[C@@H]1NC(=O)[C@@H](N(CC2CC2)C(=O)[C@@H](NC(=O)[C@@H]2C[C@@H](F)CN2C(=O)C2(C(F)(F)F)CC(F)(F)C2)C2CC2)CCCCNC(=O)C(C)(C)NC(=O)[C@H](Cc2cc(Cl)ccc2-c2cncs2)N(C)C1=O. The van der Waals surface area contributed by atoms with Gasteiger partial charge in [-0.15, -0.1) is 11.3 Å². The number of nitrogens with one attached hydrogen (secondary N) is 4. The monoisotopic (exact) mass is 1060 g/mol. The van der Waals surface area contributed by atoms with Gasteiger partial charge in [-0.2, -0.15) is 13.2 Å². The molecule has 15 nitrogen and oxygen atoms in total. The summed E-state index contributed by atoms with van der Waals surface area (Å²) in [6.45, 7) is 5.97. The molecule has 1 aromatic carbocycles. The second-order valence-electron chi connectivity index (χ2n) is 21.3. The lowest BCUT2D eigenvalue weighted by atomic mass is 9.64. The van der Waals surface area contributed by atoms with Crippen molar-refractivity contribution in [3.05, 3.63) is 40.5 Å². The third-order valence-corrected chi connectivity index (χ3v) is 15.5. The van der Waals surface area contributed by atoms with Crippen LogP contribution in [0.3, 0.4) is 0 Å². The topological polar surface area (TPSA) is 190 Å². The highest BCUT2D eigenvalue weighted by molar-refractivity contribution is 7.13. The quantitative estimate of drug-likeness (QED) is 0.176. The number of rotatable bonds is 13. The van der Waals surface area contributed by atoms with Crippen LogP contribution in [0.25, 0.3) is 10.4 Å². The molecule has 3 aliphatic carbocycles. The van der Waals surface area contributed by atoms with Crippen molar-refractivity contribution in [3.63, 3.8) is 0 Å². The van der Waals surface area contributed by atoms with Crippen LogP contribution in [0.15, 0.2) is 29.9 Å². The summed E-state index contributed by atoms with van der Waals surface area (Å²) in [7, 11) is 1.43. The summed E-state index contributed by atoms with van der Waals surface area (Å²) in [5, 5.41) is 11.5. The molecule has 4 N–H and O–H groups in total. The maximum atomic E-state index is 15.1. The Kier molecular flexibility index (Phi) is 16.3. The van der Waals surface area contributed by atoms with Crippen LogP contribution in [0.2, 0.25) is 5.02 Å². The Hall–Kier alpha value is -4.99. The molecule has 72 heavy (non-hydrogen) atoms. The van der Waals surface area contributed by atoms with E-state index in [2.05, 4.69) is 26.3 Å². The summed E-state index contributed by atoms with van der Waals surface area (Å²) in [6, 6.07) is -1.81. The molecule has 7 rings (SSSR count). The van der Waals surface area contributed by atoms with Crippen molar-refractivity contribution in [2.75, 3.05) is 26.7 Å². The summed E-state index contributed by atoms with van der Waals surface area (Å²) in [6.07, 6.45) is -7.22. The number of carbonyl (C=O) groups is 7. The van der Waals surface area contributed by atoms with E-state index < -0.39 is 133 Å². The predicted octanol–water partition coefficient (Wildman–Crippen LogP) is 5.98. The van der Waals surface area contributed by atoms with Crippen LogP contribution in [0.4, 0.5) is 26.3 Å². The number of benzene rings is 1. The first kappa shape index (κ1) is 54.8. The number of hydrogen-bond donors (Lipinski definition) is 4. The number of aromatic nitrogens is 1. The van der Waals surface area contributed by atoms with Crippen molar-refractivity contribution in [1.82, 2.24) is 41.0 Å². The third kappa shape index (κ3) is 12.3. The Bertz CT molecular complexity index is 2380. The van der Waals surface area contributed by atoms with Crippen LogP contribution >= 0.6 is 22.9 Å². The number of hydrogen-bond acceptors (Lipinski definition) is 9. The van der Waals surface area contributed by atoms with Crippen molar-refractivity contribution in [1.29, 1.82) is 0 Å². The van der Waals surface area contributed by atoms with Crippen molar-refractivity contribution >= 4 is 64.3 Å². The molecule has 7 amide bonds. The normalized spacial score (nSPS) is 26.5. The van der Waals surface area contributed by atoms with E-state index in [9.17, 15) is 50.7 Å². The Morgan fingerprint density at radius 1 is 1.01 bits per heavy atom. The molecule has 0 radical (unpaired) electrons. The molecule has 396 valence electrons. The Balaban J connectivity index is 1.19. The molecular formula is C49H63ClF6N8O7S. The number of thiazole rings is 1. The lowest BCUT2D eigenvalue weighted by molar-refractivity contribution is -0.299. The number of amides is 7. The average Bonchev–Trinajstić information content (AvgIpc) is 4.21. The van der Waals surface area contributed by atoms with Crippen LogP contribution in [0.1, 0.15) is 104 Å². The number of likely N-dealkylation sites (tertiary alicyclic amines) is 1. The summed E-state index contributed by atoms with van der Waals surface area (Å²) < 4.78 is 86.1. The predicted molar refractivity (Wildman–Crippen MR) is 254 cm³/mol. The van der Waals surface area contributed by atoms with Gasteiger partial charge in [0.15, 0.2) is 5.41 Å². The second kappa shape index (κ2) is 21.5. The number of halogens is 7. The van der Waals surface area contributed by atoms with E-state index in [4.69, 9.17) is 11.6 Å². The minimum atomic E-state index is -5.42. The van der Waals surface area contributed by atoms with E-state index in [1.54, 1.807) is 29.9 Å². The van der Waals surface area contributed by atoms with E-state index in [-0.39, 0.29) is 50.6 Å². The Morgan fingerprint density at radius 2 is 1.71 bits per heavy atom. The maximum Gasteiger partial charge on any atom is 0.403 e. The standard InChI is InChI=1S/C49H63ClF6N8O7S/c1-26(2)16-33-42(68)62(5)35(18-29-17-30(50)13-14-32(29)37-20-57-25-72-37)41(67)61-46(3,4)44(70)58-15-7-6-8-34(39(65)59-33)63(21-27-9-10-27)43(69)38(28-11-12-28)60-40(66)36-19-31(51)22-64(36)45(71)47(49(54,55)56)23-48(52,53)24-47/h13-14,17,20,25-28,31,33-36,38H,6-12,15-16,18-19,21-24H2,1-5H3,(H,58,70)(H,59,65)(H,60,66)(H,61,67)/t31-,33+,34+,35+,36+,38+/m1/s1. The molecule has 2 aromatic rings. The molecule has 1 aromatic heterocycles. The zero-order valence-electron chi connectivity index (χ0n) is 40.9. The van der Waals surface area contributed by atoms with Gasteiger partial charge in [-0.1, -0.05) is 31.5 Å². The number of likely N-dealkylation sites (N-methyl/N-ethyl adjacent to an activating group) is 1. The van der Waals surface area contributed by atoms with E-state index >= 15 is 9.18 Å². The fourth-order valence-corrected chi connectivity index (χ4v) is 11.0. The van der Waals surface area contributed by atoms with Crippen molar-refractivity contribution < 1.29 is 59.9 Å². The molecule has 3 saturated carbocycles. The highest BCUT2D eigenvalue weighted by Crippen LogP contribution is 2.61. The van der Waals surface area contributed by atoms with Crippen molar-refractivity contribution in [2.24, 2.45) is 23.2 Å². The van der Waals surface area contributed by atoms with Gasteiger partial charge in [-0.3, -0.25) is 38.5 Å². The van der Waals surface area contributed by atoms with Gasteiger partial charge < -0.3 is 36.0 Å². The van der Waals surface area contributed by atoms with Crippen LogP contribution in [-0.2, 0) is 40.0 Å². The highest BCUT2D eigenvalue weighted by atomic mass is 35.5. The summed E-state index contributed by atoms with van der Waals surface area (Å²) in [5.74, 6) is -10.7. The summed E-state index contributed by atoms with van der Waals surface area (Å²) in [5.41, 5.74) is -2.01. The first-order valence-electron chi connectivity index (χ1n) is 24.6. The van der Waals surface area contributed by atoms with Gasteiger partial charge >= 0.3 is 6.18 Å². The van der Waals surface area contributed by atoms with Crippen LogP contribution in [0, 0.1) is 23.2 Å². The Morgan fingerprint density at radius 3 is 2.31 bits per heavy atom. The molecule has 2 aliphatic heterocycles. The molecule has 6 atom stereocenters. The van der Waals surface area contributed by atoms with Gasteiger partial charge in [-0.25, -0.2) is 13.2 Å².